The molecule has 0 aromatic heterocycles. The summed E-state index contributed by atoms with van der Waals surface area (Å²) in [7, 11) is 0. The highest BCUT2D eigenvalue weighted by Gasteiger charge is 2.58. The van der Waals surface area contributed by atoms with Crippen molar-refractivity contribution in [2.24, 2.45) is 22.5 Å². The third kappa shape index (κ3) is 1.59. The van der Waals surface area contributed by atoms with Gasteiger partial charge in [0.15, 0.2) is 0 Å². The molecule has 1 saturated carbocycles. The maximum absolute atomic E-state index is 11.0. The van der Waals surface area contributed by atoms with Crippen molar-refractivity contribution in [2.45, 2.75) is 39.7 Å². The number of carbonyl (C=O) groups excluding carboxylic acids is 1. The lowest BCUT2D eigenvalue weighted by Gasteiger charge is -2.49. The van der Waals surface area contributed by atoms with Crippen LogP contribution in [0.15, 0.2) is 0 Å². The molecule has 2 fully saturated rings. The Bertz CT molecular complexity index is 294. The van der Waals surface area contributed by atoms with Crippen LogP contribution in [-0.4, -0.2) is 25.3 Å². The van der Waals surface area contributed by atoms with Crippen molar-refractivity contribution in [2.75, 3.05) is 13.1 Å². The third-order valence-electron chi connectivity index (χ3n) is 4.52. The van der Waals surface area contributed by atoms with Crippen molar-refractivity contribution in [3.63, 3.8) is 0 Å². The van der Waals surface area contributed by atoms with Crippen LogP contribution in [-0.2, 0) is 4.74 Å². The zero-order valence-corrected chi connectivity index (χ0v) is 10.4. The van der Waals surface area contributed by atoms with Gasteiger partial charge in [0.25, 0.3) is 0 Å². The van der Waals surface area contributed by atoms with Crippen LogP contribution in [0.4, 0.5) is 4.79 Å². The summed E-state index contributed by atoms with van der Waals surface area (Å²) >= 11 is 0. The molecule has 0 spiro atoms. The van der Waals surface area contributed by atoms with E-state index in [1.165, 1.54) is 0 Å². The number of piperidine rings is 1. The highest BCUT2D eigenvalue weighted by Crippen LogP contribution is 2.55. The first kappa shape index (κ1) is 11.7. The van der Waals surface area contributed by atoms with E-state index >= 15 is 0 Å². The Morgan fingerprint density at radius 1 is 1.50 bits per heavy atom. The SMILES string of the molecule is CC(C)(C)C12CCC(CNC1)C2OC(N)=O. The fraction of sp³-hybridized carbons (Fsp3) is 0.917. The Morgan fingerprint density at radius 3 is 2.75 bits per heavy atom. The highest BCUT2D eigenvalue weighted by atomic mass is 16.6. The van der Waals surface area contributed by atoms with Gasteiger partial charge in [-0.05, 0) is 18.3 Å². The van der Waals surface area contributed by atoms with Crippen LogP contribution in [0.2, 0.25) is 0 Å². The van der Waals surface area contributed by atoms with Gasteiger partial charge >= 0.3 is 6.09 Å². The summed E-state index contributed by atoms with van der Waals surface area (Å²) in [5, 5.41) is 3.47. The molecule has 0 aromatic rings. The van der Waals surface area contributed by atoms with E-state index in [1.54, 1.807) is 0 Å². The second kappa shape index (κ2) is 3.62. The van der Waals surface area contributed by atoms with E-state index in [2.05, 4.69) is 26.1 Å². The molecule has 16 heavy (non-hydrogen) atoms. The summed E-state index contributed by atoms with van der Waals surface area (Å²) in [6.07, 6.45) is 1.60. The lowest BCUT2D eigenvalue weighted by atomic mass is 9.62. The second-order valence-corrected chi connectivity index (χ2v) is 6.19. The molecule has 1 aliphatic heterocycles. The minimum Gasteiger partial charge on any atom is -0.445 e. The van der Waals surface area contributed by atoms with Gasteiger partial charge in [-0.25, -0.2) is 4.79 Å². The Balaban J connectivity index is 2.29. The van der Waals surface area contributed by atoms with Gasteiger partial charge in [0.1, 0.15) is 6.10 Å². The van der Waals surface area contributed by atoms with E-state index in [4.69, 9.17) is 10.5 Å². The van der Waals surface area contributed by atoms with E-state index in [9.17, 15) is 4.79 Å². The van der Waals surface area contributed by atoms with Crippen molar-refractivity contribution >= 4 is 6.09 Å². The molecule has 92 valence electrons. The van der Waals surface area contributed by atoms with Gasteiger partial charge in [-0.3, -0.25) is 0 Å². The molecule has 4 nitrogen and oxygen atoms in total. The highest BCUT2D eigenvalue weighted by molar-refractivity contribution is 5.65. The number of nitrogens with one attached hydrogen (secondary N) is 1. The molecule has 2 aliphatic rings. The molecule has 1 heterocycles. The fourth-order valence-corrected chi connectivity index (χ4v) is 3.47. The summed E-state index contributed by atoms with van der Waals surface area (Å²) < 4.78 is 5.41. The first-order valence-electron chi connectivity index (χ1n) is 6.04. The van der Waals surface area contributed by atoms with Crippen molar-refractivity contribution in [3.8, 4) is 0 Å². The third-order valence-corrected chi connectivity index (χ3v) is 4.52. The smallest absolute Gasteiger partial charge is 0.404 e. The number of nitrogens with two attached hydrogens (primary N) is 1. The first-order valence-corrected chi connectivity index (χ1v) is 6.04. The summed E-state index contributed by atoms with van der Waals surface area (Å²) in [5.41, 5.74) is 5.36. The predicted molar refractivity (Wildman–Crippen MR) is 61.9 cm³/mol. The number of fused-ring (bicyclic) bond motifs is 2. The summed E-state index contributed by atoms with van der Waals surface area (Å²) in [6.45, 7) is 8.53. The molecule has 4 heteroatoms. The number of primary amides is 1. The van der Waals surface area contributed by atoms with Gasteiger partial charge in [0.05, 0.1) is 0 Å². The predicted octanol–water partition coefficient (Wildman–Crippen LogP) is 1.50. The van der Waals surface area contributed by atoms with Gasteiger partial charge in [-0.2, -0.15) is 0 Å². The van der Waals surface area contributed by atoms with Crippen molar-refractivity contribution in [3.05, 3.63) is 0 Å². The summed E-state index contributed by atoms with van der Waals surface area (Å²) in [6, 6.07) is 0. The largest absolute Gasteiger partial charge is 0.445 e. The lowest BCUT2D eigenvalue weighted by Crippen LogP contribution is -2.57. The molecule has 1 aliphatic carbocycles. The minimum atomic E-state index is -0.632. The standard InChI is InChI=1S/C12H22N2O2/c1-11(2,3)12-5-4-8(6-14-7-12)9(12)16-10(13)15/h8-9,14H,4-7H2,1-3H3,(H2,13,15). The van der Waals surface area contributed by atoms with Crippen LogP contribution >= 0.6 is 0 Å². The molecule has 1 saturated heterocycles. The molecule has 2 bridgehead atoms. The van der Waals surface area contributed by atoms with Crippen molar-refractivity contribution in [1.29, 1.82) is 0 Å². The van der Waals surface area contributed by atoms with Gasteiger partial charge < -0.3 is 15.8 Å². The molecule has 3 atom stereocenters. The average molecular weight is 226 g/mol. The number of ether oxygens (including phenoxy) is 1. The van der Waals surface area contributed by atoms with Crippen molar-refractivity contribution < 1.29 is 9.53 Å². The molecule has 3 N–H and O–H groups in total. The van der Waals surface area contributed by atoms with Crippen LogP contribution in [0.5, 0.6) is 0 Å². The second-order valence-electron chi connectivity index (χ2n) is 6.19. The average Bonchev–Trinajstić information content (AvgIpc) is 2.38. The van der Waals surface area contributed by atoms with Crippen LogP contribution in [0.1, 0.15) is 33.6 Å². The normalized spacial score (nSPS) is 38.4. The van der Waals surface area contributed by atoms with Gasteiger partial charge in [-0.15, -0.1) is 0 Å². The summed E-state index contributed by atoms with van der Waals surface area (Å²) in [5.74, 6) is 0.431. The van der Waals surface area contributed by atoms with Gasteiger partial charge in [0.2, 0.25) is 0 Å². The number of hydrogen-bond donors (Lipinski definition) is 2. The molecule has 1 amide bonds. The van der Waals surface area contributed by atoms with E-state index < -0.39 is 6.09 Å². The fourth-order valence-electron chi connectivity index (χ4n) is 3.47. The van der Waals surface area contributed by atoms with E-state index in [-0.39, 0.29) is 16.9 Å². The molecule has 0 aromatic carbocycles. The zero-order valence-electron chi connectivity index (χ0n) is 10.4. The Morgan fingerprint density at radius 2 is 2.19 bits per heavy atom. The number of rotatable bonds is 1. The van der Waals surface area contributed by atoms with Crippen LogP contribution in [0, 0.1) is 16.7 Å². The number of carbonyl (C=O) groups is 1. The van der Waals surface area contributed by atoms with E-state index in [0.29, 0.717) is 5.92 Å². The van der Waals surface area contributed by atoms with Crippen molar-refractivity contribution in [1.82, 2.24) is 5.32 Å². The zero-order chi connectivity index (χ0) is 12.0. The molecule has 2 rings (SSSR count). The van der Waals surface area contributed by atoms with E-state index in [0.717, 1.165) is 25.9 Å². The topological polar surface area (TPSA) is 64.3 Å². The first-order chi connectivity index (χ1) is 7.37. The summed E-state index contributed by atoms with van der Waals surface area (Å²) in [4.78, 5) is 11.0. The Kier molecular flexibility index (Phi) is 2.65. The minimum absolute atomic E-state index is 0.00810. The Labute approximate surface area is 96.9 Å². The molecule has 0 radical (unpaired) electrons. The van der Waals surface area contributed by atoms with E-state index in [1.807, 2.05) is 0 Å². The van der Waals surface area contributed by atoms with Gasteiger partial charge in [0, 0.05) is 24.4 Å². The van der Waals surface area contributed by atoms with Crippen LogP contribution in [0.3, 0.4) is 0 Å². The van der Waals surface area contributed by atoms with Crippen LogP contribution in [0.25, 0.3) is 0 Å². The molecule has 3 unspecified atom stereocenters. The maximum Gasteiger partial charge on any atom is 0.404 e. The quantitative estimate of drug-likeness (QED) is 0.712. The molecular formula is C12H22N2O2. The van der Waals surface area contributed by atoms with Gasteiger partial charge in [-0.1, -0.05) is 20.8 Å². The molecular weight excluding hydrogens is 204 g/mol. The number of amides is 1. The Hall–Kier alpha value is -0.770. The van der Waals surface area contributed by atoms with Crippen LogP contribution < -0.4 is 11.1 Å². The lowest BCUT2D eigenvalue weighted by molar-refractivity contribution is -0.0681. The maximum atomic E-state index is 11.0. The number of hydrogen-bond acceptors (Lipinski definition) is 3. The monoisotopic (exact) mass is 226 g/mol.